The Morgan fingerprint density at radius 1 is 1.17 bits per heavy atom. The number of rotatable bonds is 1. The number of hydrogen-bond donors (Lipinski definition) is 1. The third-order valence-corrected chi connectivity index (χ3v) is 4.37. The minimum atomic E-state index is -0.902. The number of halogens is 1. The van der Waals surface area contributed by atoms with Gasteiger partial charge in [-0.05, 0) is 38.8 Å². The molecule has 0 unspecified atom stereocenters. The predicted octanol–water partition coefficient (Wildman–Crippen LogP) is 3.23. The van der Waals surface area contributed by atoms with Crippen LogP contribution in [0.25, 0.3) is 0 Å². The summed E-state index contributed by atoms with van der Waals surface area (Å²) in [7, 11) is 0. The van der Waals surface area contributed by atoms with E-state index in [1.165, 1.54) is 12.8 Å². The smallest absolute Gasteiger partial charge is 0.162 e. The zero-order chi connectivity index (χ0) is 13.0. The van der Waals surface area contributed by atoms with E-state index in [9.17, 15) is 5.11 Å². The van der Waals surface area contributed by atoms with Crippen LogP contribution in [-0.2, 0) is 5.60 Å². The van der Waals surface area contributed by atoms with Crippen molar-refractivity contribution in [1.82, 2.24) is 0 Å². The Kier molecular flexibility index (Phi) is 2.65. The first-order valence-corrected chi connectivity index (χ1v) is 7.01. The van der Waals surface area contributed by atoms with Crippen LogP contribution in [0.2, 0.25) is 0 Å². The first kappa shape index (κ1) is 12.3. The van der Waals surface area contributed by atoms with E-state index in [1.54, 1.807) is 13.8 Å². The van der Waals surface area contributed by atoms with Crippen LogP contribution in [0.15, 0.2) is 16.6 Å². The first-order chi connectivity index (χ1) is 8.40. The molecule has 1 aromatic carbocycles. The summed E-state index contributed by atoms with van der Waals surface area (Å²) in [4.78, 5) is 0. The van der Waals surface area contributed by atoms with Crippen molar-refractivity contribution in [2.45, 2.75) is 32.3 Å². The highest BCUT2D eigenvalue weighted by Gasteiger charge is 2.46. The van der Waals surface area contributed by atoms with Gasteiger partial charge in [-0.3, -0.25) is 0 Å². The van der Waals surface area contributed by atoms with E-state index in [-0.39, 0.29) is 5.41 Å². The molecule has 18 heavy (non-hydrogen) atoms. The van der Waals surface area contributed by atoms with Crippen molar-refractivity contribution in [3.63, 3.8) is 0 Å². The maximum absolute atomic E-state index is 10.1. The average Bonchev–Trinajstić information content (AvgIpc) is 3.06. The molecule has 1 N–H and O–H groups in total. The summed E-state index contributed by atoms with van der Waals surface area (Å²) >= 11 is 3.49. The van der Waals surface area contributed by atoms with Crippen molar-refractivity contribution in [2.75, 3.05) is 13.2 Å². The summed E-state index contributed by atoms with van der Waals surface area (Å²) < 4.78 is 12.5. The molecule has 0 atom stereocenters. The molecule has 0 radical (unpaired) electrons. The predicted molar refractivity (Wildman–Crippen MR) is 72.0 cm³/mol. The maximum Gasteiger partial charge on any atom is 0.162 e. The standard InChI is InChI=1S/C14H17BrO3/c1-13(2,16)9-5-11-12(6-10(9)15)18-8-14(3-4-14)7-17-11/h5-6,16H,3-4,7-8H2,1-2H3. The molecule has 0 bridgehead atoms. The quantitative estimate of drug-likeness (QED) is 0.865. The van der Waals surface area contributed by atoms with E-state index >= 15 is 0 Å². The summed E-state index contributed by atoms with van der Waals surface area (Å²) in [5.74, 6) is 1.50. The third kappa shape index (κ3) is 2.12. The summed E-state index contributed by atoms with van der Waals surface area (Å²) in [5.41, 5.74) is 0.151. The summed E-state index contributed by atoms with van der Waals surface area (Å²) in [5, 5.41) is 10.1. The van der Waals surface area contributed by atoms with Crippen LogP contribution < -0.4 is 9.47 Å². The number of benzene rings is 1. The molecule has 4 heteroatoms. The fourth-order valence-corrected chi connectivity index (χ4v) is 3.01. The van der Waals surface area contributed by atoms with Gasteiger partial charge in [0, 0.05) is 15.5 Å². The average molecular weight is 313 g/mol. The Labute approximate surface area is 115 Å². The highest BCUT2D eigenvalue weighted by atomic mass is 79.9. The molecule has 1 fully saturated rings. The molecular weight excluding hydrogens is 296 g/mol. The molecule has 0 aromatic heterocycles. The van der Waals surface area contributed by atoms with E-state index in [2.05, 4.69) is 15.9 Å². The molecule has 3 rings (SSSR count). The molecular formula is C14H17BrO3. The van der Waals surface area contributed by atoms with Crippen LogP contribution in [0.3, 0.4) is 0 Å². The fourth-order valence-electron chi connectivity index (χ4n) is 2.20. The van der Waals surface area contributed by atoms with E-state index in [0.29, 0.717) is 6.61 Å². The van der Waals surface area contributed by atoms with Gasteiger partial charge in [-0.1, -0.05) is 15.9 Å². The largest absolute Gasteiger partial charge is 0.489 e. The van der Waals surface area contributed by atoms with Gasteiger partial charge in [-0.2, -0.15) is 0 Å². The highest BCUT2D eigenvalue weighted by Crippen LogP contribution is 2.50. The molecule has 2 aliphatic rings. The number of ether oxygens (including phenoxy) is 2. The van der Waals surface area contributed by atoms with Gasteiger partial charge in [-0.15, -0.1) is 0 Å². The molecule has 0 amide bonds. The van der Waals surface area contributed by atoms with Crippen molar-refractivity contribution in [3.05, 3.63) is 22.2 Å². The molecule has 0 saturated heterocycles. The zero-order valence-electron chi connectivity index (χ0n) is 10.6. The molecule has 1 aromatic rings. The van der Waals surface area contributed by atoms with Gasteiger partial charge in [0.15, 0.2) is 11.5 Å². The van der Waals surface area contributed by atoms with Crippen LogP contribution in [0.1, 0.15) is 32.3 Å². The second kappa shape index (κ2) is 3.87. The lowest BCUT2D eigenvalue weighted by Crippen LogP contribution is -2.17. The van der Waals surface area contributed by atoms with Gasteiger partial charge in [0.05, 0.1) is 18.8 Å². The summed E-state index contributed by atoms with van der Waals surface area (Å²) in [6, 6.07) is 3.77. The van der Waals surface area contributed by atoms with E-state index in [1.807, 2.05) is 12.1 Å². The molecule has 98 valence electrons. The molecule has 1 spiro atoms. The van der Waals surface area contributed by atoms with Crippen LogP contribution in [0, 0.1) is 5.41 Å². The Morgan fingerprint density at radius 3 is 2.22 bits per heavy atom. The minimum Gasteiger partial charge on any atom is -0.489 e. The normalized spacial score (nSPS) is 20.7. The van der Waals surface area contributed by atoms with Gasteiger partial charge >= 0.3 is 0 Å². The van der Waals surface area contributed by atoms with Crippen molar-refractivity contribution < 1.29 is 14.6 Å². The summed E-state index contributed by atoms with van der Waals surface area (Å²) in [6.45, 7) is 4.97. The second-order valence-electron chi connectivity index (χ2n) is 5.92. The third-order valence-electron chi connectivity index (χ3n) is 3.72. The monoisotopic (exact) mass is 312 g/mol. The van der Waals surface area contributed by atoms with Crippen LogP contribution in [-0.4, -0.2) is 18.3 Å². The van der Waals surface area contributed by atoms with E-state index in [0.717, 1.165) is 28.1 Å². The lowest BCUT2D eigenvalue weighted by atomic mass is 9.98. The Morgan fingerprint density at radius 2 is 1.72 bits per heavy atom. The number of aliphatic hydroxyl groups is 1. The van der Waals surface area contributed by atoms with Crippen molar-refractivity contribution in [1.29, 1.82) is 0 Å². The molecule has 1 heterocycles. The van der Waals surface area contributed by atoms with Gasteiger partial charge in [0.2, 0.25) is 0 Å². The van der Waals surface area contributed by atoms with Crippen LogP contribution in [0.4, 0.5) is 0 Å². The van der Waals surface area contributed by atoms with Gasteiger partial charge in [0.25, 0.3) is 0 Å². The lowest BCUT2D eigenvalue weighted by molar-refractivity contribution is 0.0774. The fraction of sp³-hybridized carbons (Fsp3) is 0.571. The van der Waals surface area contributed by atoms with Crippen molar-refractivity contribution in [2.24, 2.45) is 5.41 Å². The molecule has 3 nitrogen and oxygen atoms in total. The Hall–Kier alpha value is -0.740. The SMILES string of the molecule is CC(C)(O)c1cc2c(cc1Br)OCC1(CC1)CO2. The van der Waals surface area contributed by atoms with Crippen LogP contribution in [0.5, 0.6) is 11.5 Å². The minimum absolute atomic E-state index is 0.237. The first-order valence-electron chi connectivity index (χ1n) is 6.22. The van der Waals surface area contributed by atoms with Crippen molar-refractivity contribution in [3.8, 4) is 11.5 Å². The van der Waals surface area contributed by atoms with Crippen LogP contribution >= 0.6 is 15.9 Å². The molecule has 1 saturated carbocycles. The van der Waals surface area contributed by atoms with E-state index < -0.39 is 5.60 Å². The lowest BCUT2D eigenvalue weighted by Gasteiger charge is -2.21. The number of hydrogen-bond acceptors (Lipinski definition) is 3. The maximum atomic E-state index is 10.1. The Bertz CT molecular complexity index is 487. The summed E-state index contributed by atoms with van der Waals surface area (Å²) in [6.07, 6.45) is 2.36. The van der Waals surface area contributed by atoms with Gasteiger partial charge < -0.3 is 14.6 Å². The highest BCUT2D eigenvalue weighted by molar-refractivity contribution is 9.10. The molecule has 1 aliphatic heterocycles. The van der Waals surface area contributed by atoms with Gasteiger partial charge in [0.1, 0.15) is 0 Å². The van der Waals surface area contributed by atoms with E-state index in [4.69, 9.17) is 9.47 Å². The topological polar surface area (TPSA) is 38.7 Å². The second-order valence-corrected chi connectivity index (χ2v) is 6.77. The molecule has 1 aliphatic carbocycles. The number of fused-ring (bicyclic) bond motifs is 1. The Balaban J connectivity index is 1.98. The van der Waals surface area contributed by atoms with Crippen molar-refractivity contribution >= 4 is 15.9 Å². The van der Waals surface area contributed by atoms with Gasteiger partial charge in [-0.25, -0.2) is 0 Å². The zero-order valence-corrected chi connectivity index (χ0v) is 12.2.